The maximum Gasteiger partial charge on any atom is 0.224 e. The van der Waals surface area contributed by atoms with Crippen LogP contribution in [0.2, 0.25) is 0 Å². The lowest BCUT2D eigenvalue weighted by Crippen LogP contribution is -2.49. The molecule has 0 radical (unpaired) electrons. The summed E-state index contributed by atoms with van der Waals surface area (Å²) in [6, 6.07) is 0. The van der Waals surface area contributed by atoms with Gasteiger partial charge in [0.1, 0.15) is 0 Å². The number of amides is 2. The summed E-state index contributed by atoms with van der Waals surface area (Å²) in [4.78, 5) is 26.9. The fraction of sp³-hybridized carbons (Fsp3) is 0.846. The molecule has 2 amide bonds. The van der Waals surface area contributed by atoms with Crippen LogP contribution in [0.3, 0.4) is 0 Å². The summed E-state index contributed by atoms with van der Waals surface area (Å²) in [5.41, 5.74) is -0.753. The van der Waals surface area contributed by atoms with Crippen LogP contribution in [-0.2, 0) is 9.59 Å². The van der Waals surface area contributed by atoms with E-state index in [1.807, 2.05) is 0 Å². The second-order valence-corrected chi connectivity index (χ2v) is 5.65. The van der Waals surface area contributed by atoms with Crippen molar-refractivity contribution in [1.29, 1.82) is 0 Å². The minimum atomic E-state index is -0.753. The van der Waals surface area contributed by atoms with Gasteiger partial charge in [0.05, 0.1) is 5.60 Å². The van der Waals surface area contributed by atoms with Gasteiger partial charge in [0.25, 0.3) is 0 Å². The minimum Gasteiger partial charge on any atom is -0.388 e. The van der Waals surface area contributed by atoms with Gasteiger partial charge in [-0.3, -0.25) is 9.59 Å². The predicted molar refractivity (Wildman–Crippen MR) is 66.9 cm³/mol. The summed E-state index contributed by atoms with van der Waals surface area (Å²) in [7, 11) is 0. The standard InChI is InChI=1S/C13H22N2O3/c1-13(18)6-3-8-15(10-13)12(17)5-9-14-7-2-4-11(14)16/h18H,2-10H2,1H3/t13-/m1/s1. The first-order valence-electron chi connectivity index (χ1n) is 6.76. The highest BCUT2D eigenvalue weighted by molar-refractivity contribution is 5.80. The average Bonchev–Trinajstić information content (AvgIpc) is 2.70. The zero-order valence-electron chi connectivity index (χ0n) is 11.0. The number of carbonyl (C=O) groups excluding carboxylic acids is 2. The molecule has 0 aliphatic carbocycles. The fourth-order valence-corrected chi connectivity index (χ4v) is 2.76. The van der Waals surface area contributed by atoms with Gasteiger partial charge in [0.15, 0.2) is 0 Å². The highest BCUT2D eigenvalue weighted by atomic mass is 16.3. The molecule has 0 bridgehead atoms. The van der Waals surface area contributed by atoms with Gasteiger partial charge in [-0.25, -0.2) is 0 Å². The largest absolute Gasteiger partial charge is 0.388 e. The number of hydrogen-bond acceptors (Lipinski definition) is 3. The molecule has 0 aromatic rings. The van der Waals surface area contributed by atoms with E-state index < -0.39 is 5.60 Å². The van der Waals surface area contributed by atoms with E-state index >= 15 is 0 Å². The van der Waals surface area contributed by atoms with Crippen LogP contribution >= 0.6 is 0 Å². The molecule has 0 spiro atoms. The van der Waals surface area contributed by atoms with Crippen molar-refractivity contribution in [1.82, 2.24) is 9.80 Å². The Morgan fingerprint density at radius 2 is 2.17 bits per heavy atom. The summed E-state index contributed by atoms with van der Waals surface area (Å²) < 4.78 is 0. The number of aliphatic hydroxyl groups is 1. The van der Waals surface area contributed by atoms with Crippen molar-refractivity contribution in [2.45, 2.75) is 44.6 Å². The molecule has 0 unspecified atom stereocenters. The van der Waals surface area contributed by atoms with Gasteiger partial charge in [-0.2, -0.15) is 0 Å². The van der Waals surface area contributed by atoms with Crippen LogP contribution in [0.5, 0.6) is 0 Å². The lowest BCUT2D eigenvalue weighted by molar-refractivity contribution is -0.138. The van der Waals surface area contributed by atoms with Crippen LogP contribution in [0.15, 0.2) is 0 Å². The number of hydrogen-bond donors (Lipinski definition) is 1. The number of piperidine rings is 1. The molecule has 5 nitrogen and oxygen atoms in total. The van der Waals surface area contributed by atoms with E-state index in [1.54, 1.807) is 16.7 Å². The van der Waals surface area contributed by atoms with Crippen molar-refractivity contribution < 1.29 is 14.7 Å². The van der Waals surface area contributed by atoms with Crippen molar-refractivity contribution in [2.75, 3.05) is 26.2 Å². The molecule has 18 heavy (non-hydrogen) atoms. The summed E-state index contributed by atoms with van der Waals surface area (Å²) in [5, 5.41) is 9.96. The Bertz CT molecular complexity index is 341. The van der Waals surface area contributed by atoms with E-state index in [9.17, 15) is 14.7 Å². The Hall–Kier alpha value is -1.10. The molecular weight excluding hydrogens is 232 g/mol. The normalized spacial score (nSPS) is 28.9. The Balaban J connectivity index is 1.79. The SMILES string of the molecule is C[C@@]1(O)CCCN(C(=O)CCN2CCCC2=O)C1. The van der Waals surface area contributed by atoms with E-state index in [0.29, 0.717) is 25.9 Å². The molecule has 1 N–H and O–H groups in total. The van der Waals surface area contributed by atoms with E-state index in [-0.39, 0.29) is 11.8 Å². The molecule has 102 valence electrons. The third-order valence-corrected chi connectivity index (χ3v) is 3.79. The maximum absolute atomic E-state index is 12.0. The minimum absolute atomic E-state index is 0.0506. The Morgan fingerprint density at radius 1 is 1.39 bits per heavy atom. The third-order valence-electron chi connectivity index (χ3n) is 3.79. The lowest BCUT2D eigenvalue weighted by Gasteiger charge is -2.37. The van der Waals surface area contributed by atoms with Crippen molar-refractivity contribution in [2.24, 2.45) is 0 Å². The van der Waals surface area contributed by atoms with Crippen molar-refractivity contribution in [3.63, 3.8) is 0 Å². The number of rotatable bonds is 3. The van der Waals surface area contributed by atoms with E-state index in [2.05, 4.69) is 0 Å². The van der Waals surface area contributed by atoms with Crippen LogP contribution in [0.4, 0.5) is 0 Å². The van der Waals surface area contributed by atoms with Gasteiger partial charge >= 0.3 is 0 Å². The second-order valence-electron chi connectivity index (χ2n) is 5.65. The summed E-state index contributed by atoms with van der Waals surface area (Å²) in [5.74, 6) is 0.211. The van der Waals surface area contributed by atoms with Crippen LogP contribution < -0.4 is 0 Å². The first-order valence-corrected chi connectivity index (χ1v) is 6.76. The first kappa shape index (κ1) is 13.3. The van der Waals surface area contributed by atoms with Crippen LogP contribution in [0, 0.1) is 0 Å². The molecule has 2 heterocycles. The number of likely N-dealkylation sites (tertiary alicyclic amines) is 2. The van der Waals surface area contributed by atoms with Crippen LogP contribution in [-0.4, -0.2) is 58.5 Å². The quantitative estimate of drug-likeness (QED) is 0.791. The molecule has 5 heteroatoms. The van der Waals surface area contributed by atoms with Gasteiger partial charge in [0.2, 0.25) is 11.8 Å². The third kappa shape index (κ3) is 3.22. The molecule has 0 aromatic heterocycles. The number of carbonyl (C=O) groups is 2. The maximum atomic E-state index is 12.0. The van der Waals surface area contributed by atoms with Gasteiger partial charge in [0, 0.05) is 39.0 Å². The molecule has 2 fully saturated rings. The van der Waals surface area contributed by atoms with Crippen molar-refractivity contribution >= 4 is 11.8 Å². The molecule has 2 rings (SSSR count). The fourth-order valence-electron chi connectivity index (χ4n) is 2.76. The van der Waals surface area contributed by atoms with E-state index in [4.69, 9.17) is 0 Å². The first-order chi connectivity index (χ1) is 8.48. The molecule has 2 aliphatic rings. The molecule has 0 saturated carbocycles. The van der Waals surface area contributed by atoms with E-state index in [0.717, 1.165) is 32.4 Å². The highest BCUT2D eigenvalue weighted by Gasteiger charge is 2.31. The summed E-state index contributed by atoms with van der Waals surface area (Å²) in [6.07, 6.45) is 3.50. The Morgan fingerprint density at radius 3 is 2.78 bits per heavy atom. The van der Waals surface area contributed by atoms with Crippen molar-refractivity contribution in [3.8, 4) is 0 Å². The Kier molecular flexibility index (Phi) is 3.90. The Labute approximate surface area is 108 Å². The van der Waals surface area contributed by atoms with Crippen LogP contribution in [0.25, 0.3) is 0 Å². The molecule has 2 saturated heterocycles. The van der Waals surface area contributed by atoms with Gasteiger partial charge in [-0.15, -0.1) is 0 Å². The summed E-state index contributed by atoms with van der Waals surface area (Å²) >= 11 is 0. The smallest absolute Gasteiger partial charge is 0.224 e. The number of β-amino-alcohol motifs (C(OH)–C–C–N with tert-alkyl or cyclic N) is 1. The van der Waals surface area contributed by atoms with Crippen molar-refractivity contribution in [3.05, 3.63) is 0 Å². The monoisotopic (exact) mass is 254 g/mol. The zero-order valence-corrected chi connectivity index (χ0v) is 11.0. The average molecular weight is 254 g/mol. The van der Waals surface area contributed by atoms with Gasteiger partial charge in [-0.1, -0.05) is 0 Å². The number of nitrogens with zero attached hydrogens (tertiary/aromatic N) is 2. The predicted octanol–water partition coefficient (Wildman–Crippen LogP) is 0.372. The van der Waals surface area contributed by atoms with Gasteiger partial charge < -0.3 is 14.9 Å². The lowest BCUT2D eigenvalue weighted by atomic mass is 9.95. The van der Waals surface area contributed by atoms with Crippen LogP contribution in [0.1, 0.15) is 39.0 Å². The topological polar surface area (TPSA) is 60.9 Å². The molecule has 1 atom stereocenters. The second kappa shape index (κ2) is 5.26. The molecule has 2 aliphatic heterocycles. The summed E-state index contributed by atoms with van der Waals surface area (Å²) in [6.45, 7) is 4.22. The highest BCUT2D eigenvalue weighted by Crippen LogP contribution is 2.21. The molecular formula is C13H22N2O3. The van der Waals surface area contributed by atoms with Gasteiger partial charge in [-0.05, 0) is 26.2 Å². The zero-order chi connectivity index (χ0) is 13.2. The molecule has 0 aromatic carbocycles. The van der Waals surface area contributed by atoms with E-state index in [1.165, 1.54) is 0 Å².